The molecule has 7 heteroatoms. The van der Waals surface area contributed by atoms with Gasteiger partial charge in [-0.1, -0.05) is 0 Å². The first-order chi connectivity index (χ1) is 6.30. The minimum Gasteiger partial charge on any atom is -0.481 e. The van der Waals surface area contributed by atoms with Crippen LogP contribution in [0.3, 0.4) is 0 Å². The highest BCUT2D eigenvalue weighted by Crippen LogP contribution is 2.33. The van der Waals surface area contributed by atoms with E-state index < -0.39 is 23.6 Å². The number of carbonyl (C=O) groups is 1. The second-order valence-corrected chi connectivity index (χ2v) is 3.79. The Balaban J connectivity index is 2.99. The van der Waals surface area contributed by atoms with Gasteiger partial charge in [0.2, 0.25) is 0 Å². The van der Waals surface area contributed by atoms with Gasteiger partial charge in [0.25, 0.3) is 0 Å². The summed E-state index contributed by atoms with van der Waals surface area (Å²) in [7, 11) is 0. The van der Waals surface area contributed by atoms with Crippen LogP contribution < -0.4 is 0 Å². The van der Waals surface area contributed by atoms with E-state index >= 15 is 0 Å². The molecule has 0 atom stereocenters. The summed E-state index contributed by atoms with van der Waals surface area (Å²) in [6, 6.07) is 0. The number of hydrogen-bond acceptors (Lipinski definition) is 3. The lowest BCUT2D eigenvalue weighted by Crippen LogP contribution is -2.06. The lowest BCUT2D eigenvalue weighted by Gasteiger charge is -1.98. The first-order valence-electron chi connectivity index (χ1n) is 3.56. The summed E-state index contributed by atoms with van der Waals surface area (Å²) in [5, 5.41) is 7.39. The smallest absolute Gasteiger partial charge is 0.443 e. The highest BCUT2D eigenvalue weighted by Gasteiger charge is 2.35. The van der Waals surface area contributed by atoms with Gasteiger partial charge in [0.1, 0.15) is 0 Å². The van der Waals surface area contributed by atoms with Crippen molar-refractivity contribution in [2.45, 2.75) is 19.5 Å². The van der Waals surface area contributed by atoms with Crippen LogP contribution in [0.25, 0.3) is 0 Å². The first kappa shape index (κ1) is 11.0. The quantitative estimate of drug-likeness (QED) is 0.838. The summed E-state index contributed by atoms with van der Waals surface area (Å²) in [5.41, 5.74) is -0.0187. The van der Waals surface area contributed by atoms with Gasteiger partial charge in [-0.3, -0.25) is 4.79 Å². The van der Waals surface area contributed by atoms with E-state index in [1.807, 2.05) is 0 Å². The molecule has 0 radical (unpaired) electrons. The monoisotopic (exact) mass is 225 g/mol. The highest BCUT2D eigenvalue weighted by atomic mass is 32.1. The Labute approximate surface area is 81.2 Å². The zero-order valence-electron chi connectivity index (χ0n) is 7.05. The van der Waals surface area contributed by atoms with Crippen molar-refractivity contribution in [1.29, 1.82) is 0 Å². The molecule has 0 bridgehead atoms. The van der Waals surface area contributed by atoms with E-state index in [0.717, 1.165) is 0 Å². The fourth-order valence-electron chi connectivity index (χ4n) is 0.857. The normalized spacial score (nSPS) is 11.7. The summed E-state index contributed by atoms with van der Waals surface area (Å²) in [4.78, 5) is 13.8. The van der Waals surface area contributed by atoms with Crippen LogP contribution in [-0.4, -0.2) is 16.1 Å². The van der Waals surface area contributed by atoms with Crippen molar-refractivity contribution in [3.05, 3.63) is 15.6 Å². The van der Waals surface area contributed by atoms with Gasteiger partial charge in [0, 0.05) is 4.88 Å². The Morgan fingerprint density at radius 2 is 2.14 bits per heavy atom. The van der Waals surface area contributed by atoms with Crippen molar-refractivity contribution in [1.82, 2.24) is 4.98 Å². The molecule has 1 aromatic rings. The molecule has 0 amide bonds. The van der Waals surface area contributed by atoms with Gasteiger partial charge in [0.05, 0.1) is 12.1 Å². The van der Waals surface area contributed by atoms with Crippen LogP contribution in [0, 0.1) is 6.92 Å². The Bertz CT molecular complexity index is 358. The van der Waals surface area contributed by atoms with Gasteiger partial charge < -0.3 is 5.11 Å². The molecular weight excluding hydrogens is 219 g/mol. The molecule has 0 fully saturated rings. The molecule has 0 spiro atoms. The third-order valence-corrected chi connectivity index (χ3v) is 2.51. The van der Waals surface area contributed by atoms with E-state index in [9.17, 15) is 18.0 Å². The number of thiazole rings is 1. The molecule has 14 heavy (non-hydrogen) atoms. The lowest BCUT2D eigenvalue weighted by molar-refractivity contribution is -0.139. The third kappa shape index (κ3) is 2.44. The van der Waals surface area contributed by atoms with Crippen LogP contribution in [0.1, 0.15) is 15.6 Å². The number of halogens is 3. The van der Waals surface area contributed by atoms with Crippen LogP contribution in [0.5, 0.6) is 0 Å². The maximum atomic E-state index is 12.1. The van der Waals surface area contributed by atoms with Crippen LogP contribution in [-0.2, 0) is 17.4 Å². The number of nitrogens with zero attached hydrogens (tertiary/aromatic N) is 1. The molecule has 1 rings (SSSR count). The molecule has 0 aliphatic rings. The summed E-state index contributed by atoms with van der Waals surface area (Å²) in [6.45, 7) is 1.42. The Morgan fingerprint density at radius 3 is 2.50 bits per heavy atom. The number of hydrogen-bond donors (Lipinski definition) is 1. The maximum Gasteiger partial charge on any atom is 0.443 e. The number of carboxylic acids is 1. The fraction of sp³-hybridized carbons (Fsp3) is 0.429. The lowest BCUT2D eigenvalue weighted by atomic mass is 10.3. The summed E-state index contributed by atoms with van der Waals surface area (Å²) < 4.78 is 36.4. The van der Waals surface area contributed by atoms with Gasteiger partial charge >= 0.3 is 12.1 Å². The zero-order valence-corrected chi connectivity index (χ0v) is 7.87. The molecule has 0 aliphatic carbocycles. The topological polar surface area (TPSA) is 50.2 Å². The number of rotatable bonds is 2. The van der Waals surface area contributed by atoms with Gasteiger partial charge in [-0.25, -0.2) is 4.98 Å². The zero-order chi connectivity index (χ0) is 10.9. The molecule has 0 saturated carbocycles. The van der Waals surface area contributed by atoms with Gasteiger partial charge in [-0.2, -0.15) is 13.2 Å². The van der Waals surface area contributed by atoms with Crippen molar-refractivity contribution in [3.63, 3.8) is 0 Å². The van der Waals surface area contributed by atoms with Crippen LogP contribution >= 0.6 is 11.3 Å². The number of aryl methyl sites for hydroxylation is 1. The third-order valence-electron chi connectivity index (χ3n) is 1.45. The number of aromatic nitrogens is 1. The highest BCUT2D eigenvalue weighted by molar-refractivity contribution is 7.11. The van der Waals surface area contributed by atoms with Gasteiger partial charge in [0.15, 0.2) is 5.01 Å². The number of carboxylic acid groups (broad SMARTS) is 1. The average Bonchev–Trinajstić information content (AvgIpc) is 2.30. The fourth-order valence-corrected chi connectivity index (χ4v) is 1.65. The molecule has 0 saturated heterocycles. The van der Waals surface area contributed by atoms with Crippen molar-refractivity contribution in [2.24, 2.45) is 0 Å². The molecule has 1 N–H and O–H groups in total. The van der Waals surface area contributed by atoms with Crippen LogP contribution in [0.15, 0.2) is 0 Å². The Morgan fingerprint density at radius 1 is 1.57 bits per heavy atom. The molecule has 78 valence electrons. The second kappa shape index (κ2) is 3.56. The molecule has 3 nitrogen and oxygen atoms in total. The van der Waals surface area contributed by atoms with Gasteiger partial charge in [-0.05, 0) is 6.92 Å². The van der Waals surface area contributed by atoms with E-state index in [4.69, 9.17) is 5.11 Å². The summed E-state index contributed by atoms with van der Waals surface area (Å²) in [5.74, 6) is -1.19. The predicted octanol–water partition coefficient (Wildman–Crippen LogP) is 2.10. The van der Waals surface area contributed by atoms with Crippen molar-refractivity contribution in [3.8, 4) is 0 Å². The molecule has 0 unspecified atom stereocenters. The minimum absolute atomic E-state index is 0.0187. The molecule has 1 heterocycles. The molecular formula is C7H6F3NO2S. The minimum atomic E-state index is -4.49. The van der Waals surface area contributed by atoms with Gasteiger partial charge in [-0.15, -0.1) is 11.3 Å². The summed E-state index contributed by atoms with van der Waals surface area (Å²) >= 11 is 0.464. The second-order valence-electron chi connectivity index (χ2n) is 2.59. The largest absolute Gasteiger partial charge is 0.481 e. The van der Waals surface area contributed by atoms with Crippen molar-refractivity contribution < 1.29 is 23.1 Å². The van der Waals surface area contributed by atoms with Crippen molar-refractivity contribution >= 4 is 17.3 Å². The SMILES string of the molecule is Cc1sc(C(F)(F)F)nc1CC(=O)O. The van der Waals surface area contributed by atoms with Crippen LogP contribution in [0.2, 0.25) is 0 Å². The number of alkyl halides is 3. The number of aliphatic carboxylic acids is 1. The van der Waals surface area contributed by atoms with E-state index in [0.29, 0.717) is 16.2 Å². The van der Waals surface area contributed by atoms with E-state index in [-0.39, 0.29) is 5.69 Å². The van der Waals surface area contributed by atoms with Crippen LogP contribution in [0.4, 0.5) is 13.2 Å². The maximum absolute atomic E-state index is 12.1. The van der Waals surface area contributed by atoms with E-state index in [1.165, 1.54) is 6.92 Å². The Kier molecular flexibility index (Phi) is 2.79. The van der Waals surface area contributed by atoms with E-state index in [1.54, 1.807) is 0 Å². The first-order valence-corrected chi connectivity index (χ1v) is 4.37. The Hall–Kier alpha value is -1.11. The predicted molar refractivity (Wildman–Crippen MR) is 43.2 cm³/mol. The van der Waals surface area contributed by atoms with Crippen molar-refractivity contribution in [2.75, 3.05) is 0 Å². The summed E-state index contributed by atoms with van der Waals surface area (Å²) in [6.07, 6.45) is -4.97. The van der Waals surface area contributed by atoms with E-state index in [2.05, 4.69) is 4.98 Å². The molecule has 0 aliphatic heterocycles. The molecule has 1 aromatic heterocycles. The standard InChI is InChI=1S/C7H6F3NO2S/c1-3-4(2-5(12)13)11-6(14-3)7(8,9)10/h2H2,1H3,(H,12,13). The molecule has 0 aromatic carbocycles. The average molecular weight is 225 g/mol.